The van der Waals surface area contributed by atoms with Crippen LogP contribution < -0.4 is 4.57 Å². The molecule has 1 N–H and O–H groups in total. The molecular formula is C43H52NO2+. The van der Waals surface area contributed by atoms with Gasteiger partial charge in [-0.05, 0) is 74.8 Å². The smallest absolute Gasteiger partial charge is 0.213 e. The van der Waals surface area contributed by atoms with Crippen molar-refractivity contribution in [3.63, 3.8) is 0 Å². The average molecular weight is 615 g/mol. The molecule has 0 saturated heterocycles. The normalized spacial score (nSPS) is 15.0. The minimum absolute atomic E-state index is 0.119. The van der Waals surface area contributed by atoms with E-state index in [4.69, 9.17) is 0 Å². The van der Waals surface area contributed by atoms with E-state index < -0.39 is 0 Å². The number of phenols is 1. The summed E-state index contributed by atoms with van der Waals surface area (Å²) in [7, 11) is 2.13. The van der Waals surface area contributed by atoms with E-state index in [0.717, 1.165) is 66.4 Å². The first-order chi connectivity index (χ1) is 21.1. The maximum atomic E-state index is 14.1. The molecule has 1 aliphatic carbocycles. The van der Waals surface area contributed by atoms with Crippen LogP contribution in [-0.2, 0) is 22.7 Å². The first-order valence-electron chi connectivity index (χ1n) is 16.5. The Morgan fingerprint density at radius 3 is 1.37 bits per heavy atom. The van der Waals surface area contributed by atoms with Gasteiger partial charge in [0.05, 0.1) is 10.8 Å². The summed E-state index contributed by atoms with van der Waals surface area (Å²) in [5, 5.41) is 14.1. The number of fused-ring (bicyclic) bond motifs is 2. The van der Waals surface area contributed by atoms with Gasteiger partial charge in [-0.3, -0.25) is 4.79 Å². The van der Waals surface area contributed by atoms with Gasteiger partial charge in [-0.2, -0.15) is 4.57 Å². The van der Waals surface area contributed by atoms with E-state index in [1.54, 1.807) is 0 Å². The van der Waals surface area contributed by atoms with Gasteiger partial charge in [0.15, 0.2) is 5.78 Å². The van der Waals surface area contributed by atoms with Crippen LogP contribution in [0.1, 0.15) is 105 Å². The number of hydrogen-bond donors (Lipinski definition) is 1. The predicted octanol–water partition coefficient (Wildman–Crippen LogP) is 10.4. The molecule has 3 nitrogen and oxygen atoms in total. The number of aromatic hydroxyl groups is 1. The molecule has 0 radical (unpaired) electrons. The third-order valence-corrected chi connectivity index (χ3v) is 9.33. The number of carbonyl (C=O) groups is 1. The molecule has 1 aliphatic rings. The number of hydrogen-bond acceptors (Lipinski definition) is 2. The largest absolute Gasteiger partial charge is 0.507 e. The molecule has 0 unspecified atom stereocenters. The van der Waals surface area contributed by atoms with E-state index >= 15 is 0 Å². The molecule has 0 aliphatic heterocycles. The highest BCUT2D eigenvalue weighted by molar-refractivity contribution is 6.14. The van der Waals surface area contributed by atoms with Crippen molar-refractivity contribution in [2.75, 3.05) is 0 Å². The fourth-order valence-electron chi connectivity index (χ4n) is 6.76. The molecule has 0 spiro atoms. The van der Waals surface area contributed by atoms with Gasteiger partial charge in [-0.15, -0.1) is 0 Å². The van der Waals surface area contributed by atoms with Gasteiger partial charge in [0.2, 0.25) is 11.0 Å². The van der Waals surface area contributed by atoms with E-state index in [1.165, 1.54) is 0 Å². The number of Topliss-reactive ketones (excluding diaryl/α,β-unsaturated/α-hetero) is 1. The molecule has 3 heteroatoms. The van der Waals surface area contributed by atoms with Gasteiger partial charge in [-0.25, -0.2) is 0 Å². The number of allylic oxidation sites excluding steroid dienone is 5. The molecule has 3 aromatic carbocycles. The highest BCUT2D eigenvalue weighted by atomic mass is 16.3. The SMILES string of the molecule is C[n+]1c2ccccc2c(C(=C2C=C(C(C)(C)C)C(=O)C(C(C)(C)C)=C2)c2cc(C(C)(C)C)c(O)c(C(C)(C)C)c2)c2ccccc21. The maximum Gasteiger partial charge on any atom is 0.213 e. The third-order valence-electron chi connectivity index (χ3n) is 9.33. The predicted molar refractivity (Wildman–Crippen MR) is 194 cm³/mol. The number of aromatic nitrogens is 1. The monoisotopic (exact) mass is 614 g/mol. The van der Waals surface area contributed by atoms with Crippen molar-refractivity contribution in [3.8, 4) is 5.75 Å². The topological polar surface area (TPSA) is 41.2 Å². The molecule has 0 atom stereocenters. The number of aryl methyl sites for hydroxylation is 1. The van der Waals surface area contributed by atoms with Crippen LogP contribution in [0.2, 0.25) is 0 Å². The van der Waals surface area contributed by atoms with Crippen LogP contribution in [-0.4, -0.2) is 10.9 Å². The Morgan fingerprint density at radius 1 is 0.609 bits per heavy atom. The summed E-state index contributed by atoms with van der Waals surface area (Å²) in [5.74, 6) is 0.478. The van der Waals surface area contributed by atoms with Crippen molar-refractivity contribution in [3.05, 3.63) is 112 Å². The molecule has 46 heavy (non-hydrogen) atoms. The van der Waals surface area contributed by atoms with Crippen molar-refractivity contribution >= 4 is 33.2 Å². The Balaban J connectivity index is 2.13. The molecule has 0 bridgehead atoms. The number of ketones is 1. The van der Waals surface area contributed by atoms with E-state index in [-0.39, 0.29) is 27.4 Å². The molecule has 0 amide bonds. The van der Waals surface area contributed by atoms with Gasteiger partial charge in [0, 0.05) is 40.0 Å². The Kier molecular flexibility index (Phi) is 8.04. The molecule has 5 rings (SSSR count). The molecule has 4 aromatic rings. The van der Waals surface area contributed by atoms with Crippen molar-refractivity contribution in [2.45, 2.75) is 93.9 Å². The minimum atomic E-state index is -0.354. The van der Waals surface area contributed by atoms with Crippen LogP contribution in [0, 0.1) is 10.8 Å². The third kappa shape index (κ3) is 5.85. The summed E-state index contributed by atoms with van der Waals surface area (Å²) in [6.45, 7) is 25.7. The van der Waals surface area contributed by atoms with Crippen molar-refractivity contribution in [1.29, 1.82) is 0 Å². The minimum Gasteiger partial charge on any atom is -0.507 e. The summed E-state index contributed by atoms with van der Waals surface area (Å²) in [5.41, 5.74) is 8.66. The lowest BCUT2D eigenvalue weighted by atomic mass is 9.70. The molecule has 1 aromatic heterocycles. The number of rotatable bonds is 2. The van der Waals surface area contributed by atoms with E-state index in [0.29, 0.717) is 5.75 Å². The number of benzene rings is 3. The van der Waals surface area contributed by atoms with Crippen LogP contribution >= 0.6 is 0 Å². The quantitative estimate of drug-likeness (QED) is 0.180. The lowest BCUT2D eigenvalue weighted by Gasteiger charge is -2.33. The zero-order valence-electron chi connectivity index (χ0n) is 30.2. The lowest BCUT2D eigenvalue weighted by molar-refractivity contribution is -0.617. The second-order valence-corrected chi connectivity index (χ2v) is 17.2. The summed E-state index contributed by atoms with van der Waals surface area (Å²) in [4.78, 5) is 14.1. The van der Waals surface area contributed by atoms with Crippen LogP contribution in [0.5, 0.6) is 5.75 Å². The van der Waals surface area contributed by atoms with Gasteiger partial charge in [0.1, 0.15) is 12.8 Å². The fourth-order valence-corrected chi connectivity index (χ4v) is 6.76. The summed E-state index contributed by atoms with van der Waals surface area (Å²) >= 11 is 0. The van der Waals surface area contributed by atoms with Gasteiger partial charge < -0.3 is 5.11 Å². The Bertz CT molecular complexity index is 1860. The highest BCUT2D eigenvalue weighted by Crippen LogP contribution is 2.47. The number of phenolic OH excluding ortho intramolecular Hbond substituents is 1. The van der Waals surface area contributed by atoms with Gasteiger partial charge in [0.25, 0.3) is 0 Å². The summed E-state index contributed by atoms with van der Waals surface area (Å²) in [6.07, 6.45) is 4.29. The van der Waals surface area contributed by atoms with E-state index in [9.17, 15) is 9.90 Å². The zero-order chi connectivity index (χ0) is 34.1. The van der Waals surface area contributed by atoms with Crippen molar-refractivity contribution in [1.82, 2.24) is 0 Å². The van der Waals surface area contributed by atoms with Crippen LogP contribution in [0.25, 0.3) is 27.4 Å². The Morgan fingerprint density at radius 2 is 1.00 bits per heavy atom. The molecule has 0 fully saturated rings. The highest BCUT2D eigenvalue weighted by Gasteiger charge is 2.36. The second kappa shape index (κ2) is 11.1. The first-order valence-corrected chi connectivity index (χ1v) is 16.5. The van der Waals surface area contributed by atoms with E-state index in [2.05, 4.69) is 168 Å². The molecule has 240 valence electrons. The standard InChI is InChI=1S/C43H51NO2/c1-40(2,3)30-22-26(23-31(38(30)45)41(4,5)6)36(27-24-32(42(7,8)9)39(46)33(25-27)43(10,11)12)37-28-18-14-16-20-34(28)44(13)35-21-17-15-19-29(35)37/h14-25H,1-13H3/p+1. The van der Waals surface area contributed by atoms with E-state index in [1.807, 2.05) is 0 Å². The molecular weight excluding hydrogens is 562 g/mol. The zero-order valence-corrected chi connectivity index (χ0v) is 30.2. The second-order valence-electron chi connectivity index (χ2n) is 17.2. The Hall–Kier alpha value is -3.98. The van der Waals surface area contributed by atoms with Crippen LogP contribution in [0.4, 0.5) is 0 Å². The summed E-state index contributed by atoms with van der Waals surface area (Å²) < 4.78 is 2.27. The molecule has 1 heterocycles. The van der Waals surface area contributed by atoms with Crippen molar-refractivity contribution < 1.29 is 14.5 Å². The van der Waals surface area contributed by atoms with Crippen LogP contribution in [0.3, 0.4) is 0 Å². The maximum absolute atomic E-state index is 14.1. The molecule has 0 saturated carbocycles. The Labute approximate surface area is 276 Å². The number of para-hydroxylation sites is 2. The van der Waals surface area contributed by atoms with Gasteiger partial charge >= 0.3 is 0 Å². The fraction of sp³-hybridized carbons (Fsp3) is 0.395. The number of pyridine rings is 1. The van der Waals surface area contributed by atoms with Crippen molar-refractivity contribution in [2.24, 2.45) is 17.9 Å². The number of carbonyl (C=O) groups excluding carboxylic acids is 1. The summed E-state index contributed by atoms with van der Waals surface area (Å²) in [6, 6.07) is 21.6. The van der Waals surface area contributed by atoms with Gasteiger partial charge in [-0.1, -0.05) is 107 Å². The first kappa shape index (κ1) is 33.4. The van der Waals surface area contributed by atoms with Crippen LogP contribution in [0.15, 0.2) is 89.5 Å². The number of nitrogens with zero attached hydrogens (tertiary/aromatic N) is 1. The average Bonchev–Trinajstić information content (AvgIpc) is 2.93. The lowest BCUT2D eigenvalue weighted by Crippen LogP contribution is -2.31.